The van der Waals surface area contributed by atoms with Gasteiger partial charge >= 0.3 is 0 Å². The van der Waals surface area contributed by atoms with Crippen molar-refractivity contribution < 1.29 is 4.92 Å². The Kier molecular flexibility index (Phi) is 3.31. The summed E-state index contributed by atoms with van der Waals surface area (Å²) in [5.41, 5.74) is 0.901. The fourth-order valence-corrected chi connectivity index (χ4v) is 1.71. The van der Waals surface area contributed by atoms with E-state index in [-0.39, 0.29) is 11.6 Å². The van der Waals surface area contributed by atoms with Crippen LogP contribution in [0.4, 0.5) is 5.69 Å². The van der Waals surface area contributed by atoms with Crippen LogP contribution in [0.15, 0.2) is 30.5 Å². The number of nitro benzene ring substituents is 1. The van der Waals surface area contributed by atoms with Crippen molar-refractivity contribution in [3.8, 4) is 5.69 Å². The average molecular weight is 272 g/mol. The molecule has 1 aromatic carbocycles. The first-order valence-electron chi connectivity index (χ1n) is 4.66. The van der Waals surface area contributed by atoms with Gasteiger partial charge in [0.15, 0.2) is 0 Å². The van der Waals surface area contributed by atoms with Gasteiger partial charge in [0.05, 0.1) is 16.5 Å². The fourth-order valence-electron chi connectivity index (χ4n) is 1.40. The zero-order valence-electron chi connectivity index (χ0n) is 8.51. The number of nitrogens with zero attached hydrogens (tertiary/aromatic N) is 3. The predicted molar refractivity (Wildman–Crippen MR) is 64.8 cm³/mol. The molecule has 7 heteroatoms. The lowest BCUT2D eigenvalue weighted by atomic mass is 10.3. The van der Waals surface area contributed by atoms with Crippen LogP contribution in [0.2, 0.25) is 5.02 Å². The molecule has 0 aliphatic rings. The highest BCUT2D eigenvalue weighted by Crippen LogP contribution is 2.26. The summed E-state index contributed by atoms with van der Waals surface area (Å²) in [6.45, 7) is 0. The fraction of sp³-hybridized carbons (Fsp3) is 0.100. The number of halogens is 2. The van der Waals surface area contributed by atoms with Crippen LogP contribution in [0.1, 0.15) is 5.69 Å². The third kappa shape index (κ3) is 2.40. The Hall–Kier alpha value is -1.59. The Morgan fingerprint density at radius 3 is 2.76 bits per heavy atom. The second-order valence-corrected chi connectivity index (χ2v) is 3.98. The maximum atomic E-state index is 10.9. The summed E-state index contributed by atoms with van der Waals surface area (Å²) < 4.78 is 1.39. The molecule has 1 heterocycles. The van der Waals surface area contributed by atoms with Crippen molar-refractivity contribution in [3.05, 3.63) is 51.3 Å². The average Bonchev–Trinajstić information content (AvgIpc) is 2.76. The van der Waals surface area contributed by atoms with Gasteiger partial charge in [-0.1, -0.05) is 11.6 Å². The van der Waals surface area contributed by atoms with Gasteiger partial charge in [0, 0.05) is 17.3 Å². The molecule has 0 spiro atoms. The van der Waals surface area contributed by atoms with E-state index < -0.39 is 4.92 Å². The first kappa shape index (κ1) is 11.9. The summed E-state index contributed by atoms with van der Waals surface area (Å²) in [5, 5.41) is 15.4. The lowest BCUT2D eigenvalue weighted by Gasteiger charge is -2.03. The van der Waals surface area contributed by atoms with Crippen molar-refractivity contribution >= 4 is 28.9 Å². The van der Waals surface area contributed by atoms with E-state index in [4.69, 9.17) is 23.2 Å². The molecule has 0 amide bonds. The molecule has 0 unspecified atom stereocenters. The molecule has 5 nitrogen and oxygen atoms in total. The van der Waals surface area contributed by atoms with Crippen molar-refractivity contribution in [2.45, 2.75) is 5.88 Å². The number of aromatic nitrogens is 2. The molecule has 0 aliphatic carbocycles. The minimum Gasteiger partial charge on any atom is -0.258 e. The molecule has 0 fully saturated rings. The third-order valence-corrected chi connectivity index (χ3v) is 2.67. The van der Waals surface area contributed by atoms with Gasteiger partial charge < -0.3 is 0 Å². The van der Waals surface area contributed by atoms with Gasteiger partial charge in [-0.2, -0.15) is 5.10 Å². The van der Waals surface area contributed by atoms with Gasteiger partial charge in [0.1, 0.15) is 5.69 Å². The summed E-state index contributed by atoms with van der Waals surface area (Å²) in [5.74, 6) is 0.251. The molecule has 1 aromatic heterocycles. The first-order chi connectivity index (χ1) is 8.11. The van der Waals surface area contributed by atoms with Gasteiger partial charge in [-0.05, 0) is 18.2 Å². The Balaban J connectivity index is 2.56. The molecular weight excluding hydrogens is 265 g/mol. The smallest absolute Gasteiger partial charge is 0.258 e. The summed E-state index contributed by atoms with van der Waals surface area (Å²) in [6.07, 6.45) is 1.61. The Morgan fingerprint density at radius 1 is 1.41 bits per heavy atom. The third-order valence-electron chi connectivity index (χ3n) is 2.16. The van der Waals surface area contributed by atoms with E-state index in [1.165, 1.54) is 22.9 Å². The van der Waals surface area contributed by atoms with Gasteiger partial charge in [0.25, 0.3) is 5.69 Å². The molecule has 0 bridgehead atoms. The Morgan fingerprint density at radius 2 is 2.18 bits per heavy atom. The number of hydrogen-bond donors (Lipinski definition) is 0. The van der Waals surface area contributed by atoms with E-state index >= 15 is 0 Å². The topological polar surface area (TPSA) is 61.0 Å². The van der Waals surface area contributed by atoms with Crippen molar-refractivity contribution in [3.63, 3.8) is 0 Å². The number of benzene rings is 1. The van der Waals surface area contributed by atoms with E-state index in [1.807, 2.05) is 0 Å². The number of alkyl halides is 1. The van der Waals surface area contributed by atoms with Crippen LogP contribution in [0.5, 0.6) is 0 Å². The number of nitro groups is 1. The molecule has 0 saturated heterocycles. The Labute approximate surface area is 107 Å². The molecule has 0 N–H and O–H groups in total. The maximum absolute atomic E-state index is 10.9. The van der Waals surface area contributed by atoms with Crippen LogP contribution in [0.3, 0.4) is 0 Å². The molecule has 17 heavy (non-hydrogen) atoms. The van der Waals surface area contributed by atoms with E-state index in [9.17, 15) is 10.1 Å². The Bertz CT molecular complexity index is 568. The van der Waals surface area contributed by atoms with Crippen molar-refractivity contribution in [2.75, 3.05) is 0 Å². The lowest BCUT2D eigenvalue weighted by Crippen LogP contribution is -2.01. The van der Waals surface area contributed by atoms with Crippen LogP contribution in [0, 0.1) is 10.1 Å². The minimum atomic E-state index is -0.478. The van der Waals surface area contributed by atoms with Gasteiger partial charge in [-0.3, -0.25) is 10.1 Å². The molecular formula is C10H7Cl2N3O2. The van der Waals surface area contributed by atoms with E-state index in [2.05, 4.69) is 5.10 Å². The van der Waals surface area contributed by atoms with Crippen molar-refractivity contribution in [1.29, 1.82) is 0 Å². The highest BCUT2D eigenvalue weighted by atomic mass is 35.5. The highest BCUT2D eigenvalue weighted by Gasteiger charge is 2.16. The zero-order valence-corrected chi connectivity index (χ0v) is 10.0. The van der Waals surface area contributed by atoms with E-state index in [0.29, 0.717) is 16.4 Å². The van der Waals surface area contributed by atoms with Crippen LogP contribution in [-0.4, -0.2) is 14.7 Å². The van der Waals surface area contributed by atoms with Gasteiger partial charge in [0.2, 0.25) is 0 Å². The van der Waals surface area contributed by atoms with Crippen LogP contribution >= 0.6 is 23.2 Å². The monoisotopic (exact) mass is 271 g/mol. The summed E-state index contributed by atoms with van der Waals surface area (Å²) in [6, 6.07) is 6.00. The number of rotatable bonds is 3. The summed E-state index contributed by atoms with van der Waals surface area (Å²) in [4.78, 5) is 10.4. The molecule has 0 saturated carbocycles. The minimum absolute atomic E-state index is 0.0568. The molecule has 0 aliphatic heterocycles. The SMILES string of the molecule is O=[N+]([O-])c1ccc(Cl)cc1-n1ccc(CCl)n1. The van der Waals surface area contributed by atoms with Gasteiger partial charge in [-0.15, -0.1) is 11.6 Å². The normalized spacial score (nSPS) is 10.5. The lowest BCUT2D eigenvalue weighted by molar-refractivity contribution is -0.384. The number of hydrogen-bond acceptors (Lipinski definition) is 3. The van der Waals surface area contributed by atoms with Crippen molar-refractivity contribution in [1.82, 2.24) is 9.78 Å². The second-order valence-electron chi connectivity index (χ2n) is 3.28. The van der Waals surface area contributed by atoms with Crippen LogP contribution < -0.4 is 0 Å². The van der Waals surface area contributed by atoms with E-state index in [1.54, 1.807) is 12.3 Å². The van der Waals surface area contributed by atoms with E-state index in [0.717, 1.165) is 0 Å². The first-order valence-corrected chi connectivity index (χ1v) is 5.58. The summed E-state index contributed by atoms with van der Waals surface area (Å²) in [7, 11) is 0. The second kappa shape index (κ2) is 4.73. The van der Waals surface area contributed by atoms with Gasteiger partial charge in [-0.25, -0.2) is 4.68 Å². The highest BCUT2D eigenvalue weighted by molar-refractivity contribution is 6.30. The zero-order chi connectivity index (χ0) is 12.4. The largest absolute Gasteiger partial charge is 0.294 e. The molecule has 0 atom stereocenters. The predicted octanol–water partition coefficient (Wildman–Crippen LogP) is 3.17. The molecule has 88 valence electrons. The molecule has 2 aromatic rings. The van der Waals surface area contributed by atoms with Crippen LogP contribution in [0.25, 0.3) is 5.69 Å². The van der Waals surface area contributed by atoms with Crippen molar-refractivity contribution in [2.24, 2.45) is 0 Å². The standard InChI is InChI=1S/C10H7Cl2N3O2/c11-6-8-3-4-14(13-8)10-5-7(12)1-2-9(10)15(16)17/h1-5H,6H2. The van der Waals surface area contributed by atoms with Crippen LogP contribution in [-0.2, 0) is 5.88 Å². The summed E-state index contributed by atoms with van der Waals surface area (Å²) >= 11 is 11.4. The molecule has 2 rings (SSSR count). The molecule has 0 radical (unpaired) electrons. The maximum Gasteiger partial charge on any atom is 0.294 e. The quantitative estimate of drug-likeness (QED) is 0.489.